The highest BCUT2D eigenvalue weighted by molar-refractivity contribution is 7.98. The molecule has 2 aromatic heterocycles. The van der Waals surface area contributed by atoms with Gasteiger partial charge in [-0.15, -0.1) is 0 Å². The summed E-state index contributed by atoms with van der Waals surface area (Å²) in [4.78, 5) is 22.5. The van der Waals surface area contributed by atoms with Crippen molar-refractivity contribution >= 4 is 46.1 Å². The Morgan fingerprint density at radius 3 is 2.60 bits per heavy atom. The number of halogens is 3. The molecule has 0 amide bonds. The summed E-state index contributed by atoms with van der Waals surface area (Å²) >= 11 is 13.3. The fourth-order valence-corrected chi connectivity index (χ4v) is 4.53. The SMILES string of the molecule is O=c1c2ncn(C3CC3)c2nc(SCc2ccc(F)c(Cl)c2)n1-c1ccc(Cl)cc1. The molecule has 5 nitrogen and oxygen atoms in total. The average Bonchev–Trinajstić information content (AvgIpc) is 3.49. The second-order valence-corrected chi connectivity index (χ2v) is 8.89. The third-order valence-electron chi connectivity index (χ3n) is 4.94. The number of thioether (sulfide) groups is 1. The Balaban J connectivity index is 1.62. The summed E-state index contributed by atoms with van der Waals surface area (Å²) < 4.78 is 17.0. The van der Waals surface area contributed by atoms with Crippen molar-refractivity contribution in [3.63, 3.8) is 0 Å². The maximum absolute atomic E-state index is 13.5. The van der Waals surface area contributed by atoms with Gasteiger partial charge in [0.2, 0.25) is 0 Å². The number of aromatic nitrogens is 4. The topological polar surface area (TPSA) is 52.7 Å². The van der Waals surface area contributed by atoms with Gasteiger partial charge in [-0.2, -0.15) is 0 Å². The largest absolute Gasteiger partial charge is 0.312 e. The molecule has 9 heteroatoms. The van der Waals surface area contributed by atoms with Gasteiger partial charge in [-0.3, -0.25) is 9.36 Å². The minimum atomic E-state index is -0.462. The predicted octanol–water partition coefficient (Wildman–Crippen LogP) is 5.66. The van der Waals surface area contributed by atoms with Crippen LogP contribution >= 0.6 is 35.0 Å². The standard InChI is InChI=1S/C21H15Cl2FN4OS/c22-13-2-4-15(5-3-13)28-20(29)18-19(27(11-25-18)14-6-7-14)26-21(28)30-10-12-1-8-17(24)16(23)9-12/h1-5,8-9,11,14H,6-7,10H2. The molecule has 0 aliphatic heterocycles. The molecule has 0 spiro atoms. The second kappa shape index (κ2) is 7.72. The van der Waals surface area contributed by atoms with Crippen LogP contribution in [-0.4, -0.2) is 19.1 Å². The van der Waals surface area contributed by atoms with E-state index in [0.717, 1.165) is 18.4 Å². The maximum atomic E-state index is 13.5. The molecular weight excluding hydrogens is 446 g/mol. The molecule has 1 fully saturated rings. The van der Waals surface area contributed by atoms with Crippen LogP contribution in [0.2, 0.25) is 10.0 Å². The molecule has 4 aromatic rings. The number of imidazole rings is 1. The van der Waals surface area contributed by atoms with Crippen LogP contribution in [0.15, 0.2) is 58.7 Å². The molecule has 1 aliphatic carbocycles. The zero-order valence-electron chi connectivity index (χ0n) is 15.6. The lowest BCUT2D eigenvalue weighted by molar-refractivity contribution is 0.628. The molecule has 5 rings (SSSR count). The number of hydrogen-bond donors (Lipinski definition) is 0. The molecule has 0 unspecified atom stereocenters. The number of benzene rings is 2. The van der Waals surface area contributed by atoms with Gasteiger partial charge in [-0.1, -0.05) is 41.0 Å². The van der Waals surface area contributed by atoms with Gasteiger partial charge in [-0.05, 0) is 54.8 Å². The van der Waals surface area contributed by atoms with Gasteiger partial charge in [0.05, 0.1) is 17.0 Å². The number of rotatable bonds is 5. The molecule has 2 heterocycles. The van der Waals surface area contributed by atoms with E-state index in [0.29, 0.717) is 38.8 Å². The third kappa shape index (κ3) is 3.62. The quantitative estimate of drug-likeness (QED) is 0.285. The van der Waals surface area contributed by atoms with Crippen LogP contribution in [0.25, 0.3) is 16.9 Å². The van der Waals surface area contributed by atoms with Crippen LogP contribution in [0.5, 0.6) is 0 Å². The number of fused-ring (bicyclic) bond motifs is 1. The summed E-state index contributed by atoms with van der Waals surface area (Å²) in [6.07, 6.45) is 3.81. The molecule has 0 radical (unpaired) electrons. The highest BCUT2D eigenvalue weighted by Crippen LogP contribution is 2.37. The first-order chi connectivity index (χ1) is 14.5. The Kier molecular flexibility index (Phi) is 5.05. The van der Waals surface area contributed by atoms with E-state index in [-0.39, 0.29) is 10.6 Å². The molecule has 1 aliphatic rings. The average molecular weight is 461 g/mol. The minimum Gasteiger partial charge on any atom is -0.312 e. The Morgan fingerprint density at radius 2 is 1.90 bits per heavy atom. The van der Waals surface area contributed by atoms with E-state index < -0.39 is 5.82 Å². The summed E-state index contributed by atoms with van der Waals surface area (Å²) in [5.74, 6) is 0.0136. The van der Waals surface area contributed by atoms with Crippen molar-refractivity contribution in [2.75, 3.05) is 0 Å². The highest BCUT2D eigenvalue weighted by atomic mass is 35.5. The summed E-state index contributed by atoms with van der Waals surface area (Å²) in [6, 6.07) is 11.9. The van der Waals surface area contributed by atoms with E-state index in [1.165, 1.54) is 17.8 Å². The summed E-state index contributed by atoms with van der Waals surface area (Å²) in [7, 11) is 0. The molecule has 1 saturated carbocycles. The molecule has 0 N–H and O–H groups in total. The van der Waals surface area contributed by atoms with E-state index in [9.17, 15) is 9.18 Å². The summed E-state index contributed by atoms with van der Waals surface area (Å²) in [5, 5.41) is 1.17. The molecule has 0 atom stereocenters. The van der Waals surface area contributed by atoms with E-state index in [1.54, 1.807) is 47.3 Å². The molecule has 30 heavy (non-hydrogen) atoms. The van der Waals surface area contributed by atoms with Crippen LogP contribution in [0, 0.1) is 5.82 Å². The van der Waals surface area contributed by atoms with Crippen LogP contribution < -0.4 is 5.56 Å². The highest BCUT2D eigenvalue weighted by Gasteiger charge is 2.27. The van der Waals surface area contributed by atoms with Crippen molar-refractivity contribution in [2.45, 2.75) is 29.8 Å². The van der Waals surface area contributed by atoms with Crippen LogP contribution in [0.1, 0.15) is 24.4 Å². The predicted molar refractivity (Wildman–Crippen MR) is 117 cm³/mol. The smallest absolute Gasteiger partial charge is 0.286 e. The van der Waals surface area contributed by atoms with Gasteiger partial charge < -0.3 is 4.57 Å². The third-order valence-corrected chi connectivity index (χ3v) is 6.49. The normalized spacial score (nSPS) is 13.8. The number of hydrogen-bond acceptors (Lipinski definition) is 4. The van der Waals surface area contributed by atoms with Crippen molar-refractivity contribution < 1.29 is 4.39 Å². The van der Waals surface area contributed by atoms with E-state index in [4.69, 9.17) is 28.2 Å². The van der Waals surface area contributed by atoms with Crippen LogP contribution in [-0.2, 0) is 5.75 Å². The Labute approximate surface area is 185 Å². The lowest BCUT2D eigenvalue weighted by atomic mass is 10.2. The van der Waals surface area contributed by atoms with Gasteiger partial charge in [0.25, 0.3) is 5.56 Å². The van der Waals surface area contributed by atoms with Gasteiger partial charge in [-0.25, -0.2) is 14.4 Å². The van der Waals surface area contributed by atoms with E-state index >= 15 is 0 Å². The van der Waals surface area contributed by atoms with Crippen molar-refractivity contribution in [2.24, 2.45) is 0 Å². The molecule has 2 aromatic carbocycles. The summed E-state index contributed by atoms with van der Waals surface area (Å²) in [5.41, 5.74) is 2.18. The zero-order valence-corrected chi connectivity index (χ0v) is 17.9. The lowest BCUT2D eigenvalue weighted by Gasteiger charge is -2.13. The fraction of sp³-hybridized carbons (Fsp3) is 0.190. The molecular formula is C21H15Cl2FN4OS. The maximum Gasteiger partial charge on any atom is 0.286 e. The van der Waals surface area contributed by atoms with E-state index in [2.05, 4.69) is 4.98 Å². The summed E-state index contributed by atoms with van der Waals surface area (Å²) in [6.45, 7) is 0. The molecule has 0 saturated heterocycles. The van der Waals surface area contributed by atoms with Crippen molar-refractivity contribution in [1.29, 1.82) is 0 Å². The first-order valence-electron chi connectivity index (χ1n) is 9.33. The van der Waals surface area contributed by atoms with Crippen molar-refractivity contribution in [1.82, 2.24) is 19.1 Å². The van der Waals surface area contributed by atoms with Gasteiger partial charge in [0.15, 0.2) is 16.3 Å². The van der Waals surface area contributed by atoms with Crippen LogP contribution in [0.3, 0.4) is 0 Å². The Morgan fingerprint density at radius 1 is 1.13 bits per heavy atom. The molecule has 0 bridgehead atoms. The monoisotopic (exact) mass is 460 g/mol. The van der Waals surface area contributed by atoms with E-state index in [1.807, 2.05) is 4.57 Å². The first kappa shape index (κ1) is 19.6. The van der Waals surface area contributed by atoms with Gasteiger partial charge >= 0.3 is 0 Å². The Hall–Kier alpha value is -2.35. The molecule has 152 valence electrons. The Bertz CT molecular complexity index is 1320. The number of nitrogens with zero attached hydrogens (tertiary/aromatic N) is 4. The van der Waals surface area contributed by atoms with Crippen molar-refractivity contribution in [3.8, 4) is 5.69 Å². The zero-order chi connectivity index (χ0) is 20.8. The van der Waals surface area contributed by atoms with Crippen molar-refractivity contribution in [3.05, 3.63) is 80.6 Å². The van der Waals surface area contributed by atoms with Gasteiger partial charge in [0.1, 0.15) is 5.82 Å². The van der Waals surface area contributed by atoms with Gasteiger partial charge in [0, 0.05) is 16.8 Å². The lowest BCUT2D eigenvalue weighted by Crippen LogP contribution is -2.22. The second-order valence-electron chi connectivity index (χ2n) is 7.10. The first-order valence-corrected chi connectivity index (χ1v) is 11.1. The minimum absolute atomic E-state index is 0.0680. The fourth-order valence-electron chi connectivity index (χ4n) is 3.26. The van der Waals surface area contributed by atoms with Crippen LogP contribution in [0.4, 0.5) is 4.39 Å².